The molecule has 0 unspecified atom stereocenters. The minimum Gasteiger partial charge on any atom is -0.506 e. The summed E-state index contributed by atoms with van der Waals surface area (Å²) in [4.78, 5) is 24.9. The van der Waals surface area contributed by atoms with Crippen molar-refractivity contribution in [3.63, 3.8) is 0 Å². The number of hydrogen-bond donors (Lipinski definition) is 4. The van der Waals surface area contributed by atoms with Gasteiger partial charge in [0.1, 0.15) is 11.8 Å². The van der Waals surface area contributed by atoms with Crippen molar-refractivity contribution in [1.82, 2.24) is 16.0 Å². The molecule has 0 bridgehead atoms. The Hall–Kier alpha value is -2.28. The van der Waals surface area contributed by atoms with E-state index in [1.807, 2.05) is 18.2 Å². The third kappa shape index (κ3) is 5.88. The molecule has 4 N–H and O–H groups in total. The quantitative estimate of drug-likeness (QED) is 0.522. The van der Waals surface area contributed by atoms with E-state index < -0.39 is 6.04 Å². The maximum atomic E-state index is 12.5. The maximum absolute atomic E-state index is 12.5. The molecule has 160 valence electrons. The van der Waals surface area contributed by atoms with Gasteiger partial charge in [0.25, 0.3) is 0 Å². The molecule has 8 heteroatoms. The molecule has 0 radical (unpaired) electrons. The first kappa shape index (κ1) is 22.4. The third-order valence-corrected chi connectivity index (χ3v) is 5.72. The van der Waals surface area contributed by atoms with Gasteiger partial charge in [-0.1, -0.05) is 53.5 Å². The monoisotopic (exact) mass is 449 g/mol. The molecular weight excluding hydrogens is 425 g/mol. The van der Waals surface area contributed by atoms with Crippen LogP contribution in [0.4, 0.5) is 0 Å². The van der Waals surface area contributed by atoms with Crippen molar-refractivity contribution in [2.75, 3.05) is 6.54 Å². The van der Waals surface area contributed by atoms with Crippen molar-refractivity contribution in [3.8, 4) is 5.75 Å². The standard InChI is InChI=1S/C22H25Cl2N3O3/c1-13(21(29)26-12-16-9-17(23)10-18(24)20(16)28)27-22(30)19-8-15(11-25-19)7-14-5-3-2-4-6-14/h2-6,9-10,13,15,19,25,28H,7-8,11-12H2,1H3,(H,26,29)(H,27,30)/t13-,15-,19+/m0/s1. The van der Waals surface area contributed by atoms with E-state index in [1.165, 1.54) is 17.7 Å². The molecule has 2 aromatic rings. The molecule has 0 saturated carbocycles. The number of benzene rings is 2. The van der Waals surface area contributed by atoms with Gasteiger partial charge >= 0.3 is 0 Å². The Morgan fingerprint density at radius 1 is 1.23 bits per heavy atom. The third-order valence-electron chi connectivity index (χ3n) is 5.22. The molecule has 2 amide bonds. The number of halogens is 2. The zero-order chi connectivity index (χ0) is 21.7. The number of phenols is 1. The number of aromatic hydroxyl groups is 1. The van der Waals surface area contributed by atoms with E-state index in [4.69, 9.17) is 23.2 Å². The van der Waals surface area contributed by atoms with Crippen LogP contribution in [0, 0.1) is 5.92 Å². The van der Waals surface area contributed by atoms with Crippen molar-refractivity contribution in [3.05, 3.63) is 63.6 Å². The Kier molecular flexibility index (Phi) is 7.58. The predicted octanol–water partition coefficient (Wildman–Crippen LogP) is 3.04. The topological polar surface area (TPSA) is 90.5 Å². The predicted molar refractivity (Wildman–Crippen MR) is 118 cm³/mol. The second-order valence-corrected chi connectivity index (χ2v) is 8.44. The molecule has 30 heavy (non-hydrogen) atoms. The summed E-state index contributed by atoms with van der Waals surface area (Å²) in [6, 6.07) is 12.1. The van der Waals surface area contributed by atoms with Crippen LogP contribution in [0.1, 0.15) is 24.5 Å². The van der Waals surface area contributed by atoms with E-state index in [9.17, 15) is 14.7 Å². The number of nitrogens with one attached hydrogen (secondary N) is 3. The normalized spacial score (nSPS) is 19.3. The highest BCUT2D eigenvalue weighted by molar-refractivity contribution is 6.35. The van der Waals surface area contributed by atoms with Crippen molar-refractivity contribution in [1.29, 1.82) is 0 Å². The van der Waals surface area contributed by atoms with Crippen LogP contribution in [0.15, 0.2) is 42.5 Å². The molecule has 2 aromatic carbocycles. The summed E-state index contributed by atoms with van der Waals surface area (Å²) in [7, 11) is 0. The van der Waals surface area contributed by atoms with Crippen molar-refractivity contribution < 1.29 is 14.7 Å². The molecule has 6 nitrogen and oxygen atoms in total. The highest BCUT2D eigenvalue weighted by atomic mass is 35.5. The van der Waals surface area contributed by atoms with Crippen LogP contribution in [-0.2, 0) is 22.6 Å². The minimum absolute atomic E-state index is 0.0476. The van der Waals surface area contributed by atoms with E-state index >= 15 is 0 Å². The minimum atomic E-state index is -0.718. The van der Waals surface area contributed by atoms with Gasteiger partial charge in [0, 0.05) is 17.1 Å². The molecule has 0 spiro atoms. The zero-order valence-electron chi connectivity index (χ0n) is 16.6. The van der Waals surface area contributed by atoms with Gasteiger partial charge in [-0.15, -0.1) is 0 Å². The number of rotatable bonds is 7. The fourth-order valence-electron chi connectivity index (χ4n) is 3.58. The summed E-state index contributed by atoms with van der Waals surface area (Å²) in [6.45, 7) is 2.43. The van der Waals surface area contributed by atoms with Crippen LogP contribution < -0.4 is 16.0 Å². The summed E-state index contributed by atoms with van der Waals surface area (Å²) in [5.41, 5.74) is 1.66. The maximum Gasteiger partial charge on any atom is 0.242 e. The van der Waals surface area contributed by atoms with Crippen LogP contribution in [0.3, 0.4) is 0 Å². The number of carbonyl (C=O) groups is 2. The Bertz CT molecular complexity index is 908. The van der Waals surface area contributed by atoms with Crippen molar-refractivity contribution in [2.24, 2.45) is 5.92 Å². The number of carbonyl (C=O) groups excluding carboxylic acids is 2. The van der Waals surface area contributed by atoms with Crippen molar-refractivity contribution >= 4 is 35.0 Å². The Labute approximate surface area is 186 Å². The molecule has 0 aliphatic carbocycles. The summed E-state index contributed by atoms with van der Waals surface area (Å²) < 4.78 is 0. The van der Waals surface area contributed by atoms with Gasteiger partial charge < -0.3 is 21.1 Å². The summed E-state index contributed by atoms with van der Waals surface area (Å²) in [5, 5.41) is 19.1. The fourth-order valence-corrected chi connectivity index (χ4v) is 4.12. The first-order valence-corrected chi connectivity index (χ1v) is 10.6. The van der Waals surface area contributed by atoms with Gasteiger partial charge in [0.2, 0.25) is 11.8 Å². The van der Waals surface area contributed by atoms with E-state index in [1.54, 1.807) is 6.92 Å². The average molecular weight is 450 g/mol. The summed E-state index contributed by atoms with van der Waals surface area (Å²) >= 11 is 11.8. The highest BCUT2D eigenvalue weighted by Gasteiger charge is 2.30. The largest absolute Gasteiger partial charge is 0.506 e. The molecule has 0 aromatic heterocycles. The second kappa shape index (κ2) is 10.2. The molecular formula is C22H25Cl2N3O3. The van der Waals surface area contributed by atoms with Gasteiger partial charge in [-0.2, -0.15) is 0 Å². The molecule has 1 saturated heterocycles. The Morgan fingerprint density at radius 3 is 2.70 bits per heavy atom. The van der Waals surface area contributed by atoms with E-state index in [0.29, 0.717) is 16.5 Å². The second-order valence-electron chi connectivity index (χ2n) is 7.60. The highest BCUT2D eigenvalue weighted by Crippen LogP contribution is 2.31. The molecule has 3 atom stereocenters. The molecule has 3 rings (SSSR count). The van der Waals surface area contributed by atoms with E-state index in [2.05, 4.69) is 28.1 Å². The lowest BCUT2D eigenvalue weighted by Gasteiger charge is -2.17. The zero-order valence-corrected chi connectivity index (χ0v) is 18.1. The van der Waals surface area contributed by atoms with Gasteiger partial charge in [-0.3, -0.25) is 9.59 Å². The number of hydrogen-bond acceptors (Lipinski definition) is 4. The molecule has 1 heterocycles. The van der Waals surface area contributed by atoms with Gasteiger partial charge in [-0.05, 0) is 49.9 Å². The van der Waals surface area contributed by atoms with Gasteiger partial charge in [0.15, 0.2) is 0 Å². The first-order valence-electron chi connectivity index (χ1n) is 9.85. The fraction of sp³-hybridized carbons (Fsp3) is 0.364. The lowest BCUT2D eigenvalue weighted by molar-refractivity contribution is -0.129. The average Bonchev–Trinajstić information content (AvgIpc) is 3.18. The smallest absolute Gasteiger partial charge is 0.242 e. The summed E-state index contributed by atoms with van der Waals surface area (Å²) in [5.74, 6) is -0.306. The lowest BCUT2D eigenvalue weighted by Crippen LogP contribution is -2.49. The SMILES string of the molecule is C[C@H](NC(=O)[C@H]1C[C@H](Cc2ccccc2)CN1)C(=O)NCc1cc(Cl)cc(Cl)c1O. The lowest BCUT2D eigenvalue weighted by atomic mass is 9.96. The van der Waals surface area contributed by atoms with Crippen LogP contribution in [-0.4, -0.2) is 35.5 Å². The van der Waals surface area contributed by atoms with Gasteiger partial charge in [-0.25, -0.2) is 0 Å². The van der Waals surface area contributed by atoms with Crippen LogP contribution in [0.25, 0.3) is 0 Å². The number of amides is 2. The molecule has 1 aliphatic heterocycles. The van der Waals surface area contributed by atoms with Crippen LogP contribution in [0.2, 0.25) is 10.0 Å². The first-order chi connectivity index (χ1) is 14.3. The molecule has 1 fully saturated rings. The van der Waals surface area contributed by atoms with Crippen LogP contribution >= 0.6 is 23.2 Å². The van der Waals surface area contributed by atoms with E-state index in [0.717, 1.165) is 19.4 Å². The van der Waals surface area contributed by atoms with Crippen molar-refractivity contribution in [2.45, 2.75) is 38.4 Å². The van der Waals surface area contributed by atoms with Gasteiger partial charge in [0.05, 0.1) is 11.1 Å². The molecule has 1 aliphatic rings. The summed E-state index contributed by atoms with van der Waals surface area (Å²) in [6.07, 6.45) is 1.64. The number of phenolic OH excluding ortho intramolecular Hbond substituents is 1. The Balaban J connectivity index is 1.46. The van der Waals surface area contributed by atoms with Crippen LogP contribution in [0.5, 0.6) is 5.75 Å². The Morgan fingerprint density at radius 2 is 1.97 bits per heavy atom. The van der Waals surface area contributed by atoms with E-state index in [-0.39, 0.29) is 35.2 Å².